The van der Waals surface area contributed by atoms with Crippen LogP contribution in [0.3, 0.4) is 0 Å². The molecular weight excluding hydrogens is 244 g/mol. The molecule has 7 heteroatoms. The molecule has 2 rings (SSSR count). The van der Waals surface area contributed by atoms with E-state index in [4.69, 9.17) is 0 Å². The van der Waals surface area contributed by atoms with E-state index in [1.54, 1.807) is 6.07 Å². The molecule has 0 aliphatic carbocycles. The summed E-state index contributed by atoms with van der Waals surface area (Å²) in [6.07, 6.45) is 2.16. The van der Waals surface area contributed by atoms with Crippen molar-refractivity contribution in [1.29, 1.82) is 0 Å². The van der Waals surface area contributed by atoms with Gasteiger partial charge in [-0.1, -0.05) is 12.1 Å². The smallest absolute Gasteiger partial charge is 0.387 e. The van der Waals surface area contributed by atoms with Crippen LogP contribution in [-0.4, -0.2) is 31.2 Å². The number of hydrogen-bond donors (Lipinski definition) is 1. The summed E-state index contributed by atoms with van der Waals surface area (Å²) in [5, 5.41) is 2.45. The number of para-hydroxylation sites is 1. The number of nitrogens with zero attached hydrogens (tertiary/aromatic N) is 2. The minimum absolute atomic E-state index is 0.00935. The Kier molecular flexibility index (Phi) is 3.61. The first kappa shape index (κ1) is 12.2. The highest BCUT2D eigenvalue weighted by Gasteiger charge is 2.18. The number of carbonyl (C=O) groups excluding carboxylic acids is 1. The van der Waals surface area contributed by atoms with E-state index in [9.17, 15) is 13.6 Å². The number of amides is 1. The van der Waals surface area contributed by atoms with Crippen LogP contribution >= 0.6 is 0 Å². The summed E-state index contributed by atoms with van der Waals surface area (Å²) >= 11 is 0. The summed E-state index contributed by atoms with van der Waals surface area (Å²) in [6.45, 7) is -2.98. The monoisotopic (exact) mass is 253 g/mol. The number of alkyl halides is 2. The molecule has 0 fully saturated rings. The Bertz CT molecular complexity index is 491. The molecule has 0 saturated carbocycles. The van der Waals surface area contributed by atoms with Gasteiger partial charge in [0, 0.05) is 12.4 Å². The van der Waals surface area contributed by atoms with E-state index in [-0.39, 0.29) is 11.3 Å². The van der Waals surface area contributed by atoms with Crippen LogP contribution in [0.5, 0.6) is 5.75 Å². The molecule has 0 aromatic heterocycles. The molecule has 0 unspecified atom stereocenters. The van der Waals surface area contributed by atoms with Gasteiger partial charge < -0.3 is 10.1 Å². The van der Waals surface area contributed by atoms with Crippen molar-refractivity contribution < 1.29 is 18.3 Å². The lowest BCUT2D eigenvalue weighted by atomic mass is 10.2. The number of halogens is 2. The van der Waals surface area contributed by atoms with E-state index in [0.29, 0.717) is 0 Å². The Morgan fingerprint density at radius 1 is 1.28 bits per heavy atom. The van der Waals surface area contributed by atoms with Gasteiger partial charge in [0.15, 0.2) is 0 Å². The van der Waals surface area contributed by atoms with Crippen LogP contribution < -0.4 is 10.1 Å². The molecule has 0 saturated heterocycles. The minimum Gasteiger partial charge on any atom is -0.434 e. The van der Waals surface area contributed by atoms with Crippen LogP contribution in [-0.2, 0) is 0 Å². The highest BCUT2D eigenvalue weighted by Crippen LogP contribution is 2.20. The number of benzene rings is 1. The molecule has 0 atom stereocenters. The first-order chi connectivity index (χ1) is 8.66. The number of aliphatic imine (C=N–C) groups is 2. The second-order valence-corrected chi connectivity index (χ2v) is 3.32. The Balaban J connectivity index is 2.13. The van der Waals surface area contributed by atoms with Gasteiger partial charge >= 0.3 is 6.61 Å². The summed E-state index contributed by atoms with van der Waals surface area (Å²) < 4.78 is 28.6. The number of hydrogen-bond acceptors (Lipinski definition) is 4. The standard InChI is InChI=1S/C11H9F2N3O2/c12-10(13)18-8-4-2-1-3-7(8)9(17)16-11-14-5-6-15-11/h1-6,10-11H,(H,16,17). The SMILES string of the molecule is O=C(NC1N=CC=N1)c1ccccc1OC(F)F. The third kappa shape index (κ3) is 2.88. The molecular formula is C11H9F2N3O2. The Labute approximate surface area is 101 Å². The Morgan fingerprint density at radius 3 is 2.61 bits per heavy atom. The molecule has 1 aliphatic heterocycles. The zero-order valence-corrected chi connectivity index (χ0v) is 9.09. The normalized spacial score (nSPS) is 14.2. The molecule has 1 heterocycles. The zero-order valence-electron chi connectivity index (χ0n) is 9.09. The molecule has 0 spiro atoms. The molecule has 1 amide bonds. The fourth-order valence-electron chi connectivity index (χ4n) is 1.40. The summed E-state index contributed by atoms with van der Waals surface area (Å²) in [7, 11) is 0. The van der Waals surface area contributed by atoms with Crippen LogP contribution in [0.25, 0.3) is 0 Å². The number of carbonyl (C=O) groups is 1. The van der Waals surface area contributed by atoms with E-state index in [1.165, 1.54) is 30.6 Å². The van der Waals surface area contributed by atoms with Gasteiger partial charge in [-0.05, 0) is 12.1 Å². The van der Waals surface area contributed by atoms with Crippen molar-refractivity contribution >= 4 is 18.3 Å². The van der Waals surface area contributed by atoms with Crippen molar-refractivity contribution in [2.24, 2.45) is 9.98 Å². The van der Waals surface area contributed by atoms with Crippen LogP contribution in [0.15, 0.2) is 34.3 Å². The Morgan fingerprint density at radius 2 is 1.94 bits per heavy atom. The summed E-state index contributed by atoms with van der Waals surface area (Å²) in [5.41, 5.74) is 0.00935. The second kappa shape index (κ2) is 5.35. The van der Waals surface area contributed by atoms with Gasteiger partial charge in [0.25, 0.3) is 5.91 Å². The van der Waals surface area contributed by atoms with Crippen molar-refractivity contribution in [3.05, 3.63) is 29.8 Å². The van der Waals surface area contributed by atoms with E-state index in [1.807, 2.05) is 0 Å². The second-order valence-electron chi connectivity index (χ2n) is 3.32. The highest BCUT2D eigenvalue weighted by molar-refractivity contribution is 6.17. The first-order valence-corrected chi connectivity index (χ1v) is 5.06. The quantitative estimate of drug-likeness (QED) is 0.882. The summed E-state index contributed by atoms with van der Waals surface area (Å²) in [5.74, 6) is -0.761. The largest absolute Gasteiger partial charge is 0.434 e. The van der Waals surface area contributed by atoms with E-state index >= 15 is 0 Å². The maximum atomic E-state index is 12.2. The molecule has 1 N–H and O–H groups in total. The van der Waals surface area contributed by atoms with Crippen LogP contribution in [0, 0.1) is 0 Å². The van der Waals surface area contributed by atoms with E-state index in [0.717, 1.165) is 0 Å². The lowest BCUT2D eigenvalue weighted by Gasteiger charge is -2.11. The number of nitrogens with one attached hydrogen (secondary N) is 1. The third-order valence-electron chi connectivity index (χ3n) is 2.13. The third-order valence-corrected chi connectivity index (χ3v) is 2.13. The van der Waals surface area contributed by atoms with Crippen LogP contribution in [0.2, 0.25) is 0 Å². The van der Waals surface area contributed by atoms with Crippen LogP contribution in [0.4, 0.5) is 8.78 Å². The van der Waals surface area contributed by atoms with Gasteiger partial charge in [-0.25, -0.2) is 9.98 Å². The molecule has 1 aromatic carbocycles. The Hall–Kier alpha value is -2.31. The molecule has 5 nitrogen and oxygen atoms in total. The number of ether oxygens (including phenoxy) is 1. The summed E-state index contributed by atoms with van der Waals surface area (Å²) in [4.78, 5) is 19.5. The average molecular weight is 253 g/mol. The molecule has 1 aromatic rings. The fourth-order valence-corrected chi connectivity index (χ4v) is 1.40. The van der Waals surface area contributed by atoms with Crippen molar-refractivity contribution in [3.8, 4) is 5.75 Å². The first-order valence-electron chi connectivity index (χ1n) is 5.06. The fraction of sp³-hybridized carbons (Fsp3) is 0.182. The molecule has 1 aliphatic rings. The number of rotatable bonds is 4. The van der Waals surface area contributed by atoms with Crippen molar-refractivity contribution in [2.45, 2.75) is 12.9 Å². The predicted octanol–water partition coefficient (Wildman–Crippen LogP) is 1.46. The van der Waals surface area contributed by atoms with E-state index < -0.39 is 18.8 Å². The lowest BCUT2D eigenvalue weighted by Crippen LogP contribution is -2.31. The predicted molar refractivity (Wildman–Crippen MR) is 61.3 cm³/mol. The average Bonchev–Trinajstić information content (AvgIpc) is 2.81. The van der Waals surface area contributed by atoms with Crippen molar-refractivity contribution in [1.82, 2.24) is 5.32 Å². The van der Waals surface area contributed by atoms with Gasteiger partial charge in [0.1, 0.15) is 5.75 Å². The van der Waals surface area contributed by atoms with Gasteiger partial charge in [-0.3, -0.25) is 4.79 Å². The molecule has 94 valence electrons. The zero-order chi connectivity index (χ0) is 13.0. The van der Waals surface area contributed by atoms with Gasteiger partial charge in [0.2, 0.25) is 6.29 Å². The molecule has 0 radical (unpaired) electrons. The maximum Gasteiger partial charge on any atom is 0.387 e. The van der Waals surface area contributed by atoms with Crippen LogP contribution in [0.1, 0.15) is 10.4 Å². The van der Waals surface area contributed by atoms with Gasteiger partial charge in [-0.15, -0.1) is 0 Å². The van der Waals surface area contributed by atoms with Crippen molar-refractivity contribution in [2.75, 3.05) is 0 Å². The van der Waals surface area contributed by atoms with Crippen molar-refractivity contribution in [3.63, 3.8) is 0 Å². The maximum absolute atomic E-state index is 12.2. The van der Waals surface area contributed by atoms with Gasteiger partial charge in [0.05, 0.1) is 5.56 Å². The highest BCUT2D eigenvalue weighted by atomic mass is 19.3. The van der Waals surface area contributed by atoms with Gasteiger partial charge in [-0.2, -0.15) is 8.78 Å². The topological polar surface area (TPSA) is 63.0 Å². The van der Waals surface area contributed by atoms with E-state index in [2.05, 4.69) is 20.0 Å². The molecule has 18 heavy (non-hydrogen) atoms. The lowest BCUT2D eigenvalue weighted by molar-refractivity contribution is -0.0501. The summed E-state index contributed by atoms with van der Waals surface area (Å²) in [6, 6.07) is 5.73. The molecule has 0 bridgehead atoms. The minimum atomic E-state index is -2.98.